The maximum atomic E-state index is 12.6. The zero-order valence-corrected chi connectivity index (χ0v) is 11.8. The predicted octanol–water partition coefficient (Wildman–Crippen LogP) is 0.971. The minimum absolute atomic E-state index is 0.0141. The zero-order valence-electron chi connectivity index (χ0n) is 11.8. The summed E-state index contributed by atoms with van der Waals surface area (Å²) >= 11 is 0. The van der Waals surface area contributed by atoms with E-state index in [9.17, 15) is 9.59 Å². The fourth-order valence-corrected chi connectivity index (χ4v) is 2.89. The Morgan fingerprint density at radius 1 is 1.43 bits per heavy atom. The van der Waals surface area contributed by atoms with Crippen LogP contribution < -0.4 is 15.8 Å². The summed E-state index contributed by atoms with van der Waals surface area (Å²) in [5, 5.41) is 2.72. The number of amides is 2. The number of hydrogen-bond acceptors (Lipinski definition) is 4. The van der Waals surface area contributed by atoms with E-state index in [0.29, 0.717) is 23.5 Å². The number of likely N-dealkylation sites (tertiary alicyclic amines) is 1. The van der Waals surface area contributed by atoms with Crippen molar-refractivity contribution in [3.8, 4) is 5.75 Å². The van der Waals surface area contributed by atoms with Gasteiger partial charge in [-0.25, -0.2) is 0 Å². The normalized spacial score (nSPS) is 21.3. The van der Waals surface area contributed by atoms with Crippen molar-refractivity contribution in [3.63, 3.8) is 0 Å². The lowest BCUT2D eigenvalue weighted by Crippen LogP contribution is -2.47. The Hall–Kier alpha value is -2.08. The third kappa shape index (κ3) is 2.71. The maximum absolute atomic E-state index is 12.6. The molecule has 0 radical (unpaired) electrons. The number of piperidine rings is 1. The molecule has 1 fully saturated rings. The second kappa shape index (κ2) is 5.73. The van der Waals surface area contributed by atoms with E-state index in [-0.39, 0.29) is 24.5 Å². The standard InChI is InChI=1S/C15H19N3O3/c16-8-11-3-1-2-6-18(11)15(20)10-4-5-12-13(7-10)21-9-14(19)17-12/h4-5,7,11H,1-3,6,8-9,16H2,(H,17,19). The Morgan fingerprint density at radius 2 is 2.29 bits per heavy atom. The van der Waals surface area contributed by atoms with Gasteiger partial charge in [0, 0.05) is 24.7 Å². The number of nitrogens with one attached hydrogen (secondary N) is 1. The highest BCUT2D eigenvalue weighted by atomic mass is 16.5. The van der Waals surface area contributed by atoms with E-state index in [0.717, 1.165) is 25.8 Å². The van der Waals surface area contributed by atoms with E-state index in [4.69, 9.17) is 10.5 Å². The largest absolute Gasteiger partial charge is 0.482 e. The first-order valence-electron chi connectivity index (χ1n) is 7.27. The number of fused-ring (bicyclic) bond motifs is 1. The van der Waals surface area contributed by atoms with Crippen LogP contribution in [0.15, 0.2) is 18.2 Å². The number of ether oxygens (including phenoxy) is 1. The minimum atomic E-state index is -0.180. The molecule has 3 rings (SSSR count). The molecule has 1 atom stereocenters. The van der Waals surface area contributed by atoms with Crippen LogP contribution in [-0.2, 0) is 4.79 Å². The summed E-state index contributed by atoms with van der Waals surface area (Å²) in [6, 6.07) is 5.24. The number of carbonyl (C=O) groups excluding carboxylic acids is 2. The molecule has 2 amide bonds. The van der Waals surface area contributed by atoms with Gasteiger partial charge in [-0.05, 0) is 37.5 Å². The molecule has 21 heavy (non-hydrogen) atoms. The molecule has 0 bridgehead atoms. The van der Waals surface area contributed by atoms with Gasteiger partial charge in [0.15, 0.2) is 6.61 Å². The van der Waals surface area contributed by atoms with Gasteiger partial charge in [0.2, 0.25) is 0 Å². The molecule has 2 heterocycles. The van der Waals surface area contributed by atoms with Crippen LogP contribution in [0.5, 0.6) is 5.75 Å². The SMILES string of the molecule is NCC1CCCCN1C(=O)c1ccc2c(c1)OCC(=O)N2. The van der Waals surface area contributed by atoms with Crippen LogP contribution in [0, 0.1) is 0 Å². The summed E-state index contributed by atoms with van der Waals surface area (Å²) in [5.41, 5.74) is 6.95. The quantitative estimate of drug-likeness (QED) is 0.849. The fraction of sp³-hybridized carbons (Fsp3) is 0.467. The third-order valence-electron chi connectivity index (χ3n) is 4.02. The minimum Gasteiger partial charge on any atom is -0.482 e. The van der Waals surface area contributed by atoms with E-state index >= 15 is 0 Å². The second-order valence-corrected chi connectivity index (χ2v) is 5.43. The predicted molar refractivity (Wildman–Crippen MR) is 78.3 cm³/mol. The molecule has 0 spiro atoms. The van der Waals surface area contributed by atoms with Gasteiger partial charge < -0.3 is 20.7 Å². The molecule has 6 heteroatoms. The lowest BCUT2D eigenvalue weighted by atomic mass is 10.0. The first-order chi connectivity index (χ1) is 10.2. The highest BCUT2D eigenvalue weighted by Crippen LogP contribution is 2.29. The van der Waals surface area contributed by atoms with Crippen molar-refractivity contribution in [2.75, 3.05) is 25.0 Å². The molecule has 0 aromatic heterocycles. The van der Waals surface area contributed by atoms with Gasteiger partial charge in [-0.1, -0.05) is 0 Å². The molecular formula is C15H19N3O3. The van der Waals surface area contributed by atoms with Crippen LogP contribution in [0.3, 0.4) is 0 Å². The Balaban J connectivity index is 1.83. The van der Waals surface area contributed by atoms with Crippen LogP contribution in [0.25, 0.3) is 0 Å². The lowest BCUT2D eigenvalue weighted by Gasteiger charge is -2.35. The number of benzene rings is 1. The highest BCUT2D eigenvalue weighted by Gasteiger charge is 2.27. The fourth-order valence-electron chi connectivity index (χ4n) is 2.89. The summed E-state index contributed by atoms with van der Waals surface area (Å²) in [4.78, 5) is 25.7. The molecule has 2 aliphatic heterocycles. The Morgan fingerprint density at radius 3 is 3.10 bits per heavy atom. The van der Waals surface area contributed by atoms with Gasteiger partial charge in [0.05, 0.1) is 5.69 Å². The second-order valence-electron chi connectivity index (χ2n) is 5.43. The van der Waals surface area contributed by atoms with Crippen LogP contribution >= 0.6 is 0 Å². The Labute approximate surface area is 123 Å². The van der Waals surface area contributed by atoms with Gasteiger partial charge in [-0.2, -0.15) is 0 Å². The van der Waals surface area contributed by atoms with Crippen LogP contribution in [-0.4, -0.2) is 42.5 Å². The number of rotatable bonds is 2. The molecule has 1 unspecified atom stereocenters. The summed E-state index contributed by atoms with van der Waals surface area (Å²) in [6.45, 7) is 1.22. The van der Waals surface area contributed by atoms with Crippen molar-refractivity contribution in [1.29, 1.82) is 0 Å². The molecule has 1 aromatic rings. The van der Waals surface area contributed by atoms with E-state index < -0.39 is 0 Å². The molecule has 3 N–H and O–H groups in total. The number of carbonyl (C=O) groups is 2. The topological polar surface area (TPSA) is 84.7 Å². The molecule has 0 aliphatic carbocycles. The van der Waals surface area contributed by atoms with Crippen molar-refractivity contribution in [2.24, 2.45) is 5.73 Å². The van der Waals surface area contributed by atoms with Gasteiger partial charge in [0.25, 0.3) is 11.8 Å². The van der Waals surface area contributed by atoms with Crippen molar-refractivity contribution in [1.82, 2.24) is 4.90 Å². The van der Waals surface area contributed by atoms with Crippen LogP contribution in [0.2, 0.25) is 0 Å². The van der Waals surface area contributed by atoms with Gasteiger partial charge in [-0.3, -0.25) is 9.59 Å². The van der Waals surface area contributed by atoms with Crippen molar-refractivity contribution >= 4 is 17.5 Å². The summed E-state index contributed by atoms with van der Waals surface area (Å²) in [7, 11) is 0. The van der Waals surface area contributed by atoms with E-state index in [2.05, 4.69) is 5.32 Å². The number of nitrogens with two attached hydrogens (primary N) is 1. The molecule has 6 nitrogen and oxygen atoms in total. The third-order valence-corrected chi connectivity index (χ3v) is 4.02. The molecule has 1 saturated heterocycles. The summed E-state index contributed by atoms with van der Waals surface area (Å²) < 4.78 is 5.36. The van der Waals surface area contributed by atoms with Crippen LogP contribution in [0.4, 0.5) is 5.69 Å². The monoisotopic (exact) mass is 289 g/mol. The Kier molecular flexibility index (Phi) is 3.79. The van der Waals surface area contributed by atoms with Crippen LogP contribution in [0.1, 0.15) is 29.6 Å². The average Bonchev–Trinajstić information content (AvgIpc) is 2.53. The van der Waals surface area contributed by atoms with E-state index in [1.165, 1.54) is 0 Å². The number of nitrogens with zero attached hydrogens (tertiary/aromatic N) is 1. The van der Waals surface area contributed by atoms with Crippen molar-refractivity contribution in [3.05, 3.63) is 23.8 Å². The molecule has 2 aliphatic rings. The van der Waals surface area contributed by atoms with Gasteiger partial charge >= 0.3 is 0 Å². The average molecular weight is 289 g/mol. The molecule has 112 valence electrons. The zero-order chi connectivity index (χ0) is 14.8. The molecule has 0 saturated carbocycles. The molecule has 1 aromatic carbocycles. The maximum Gasteiger partial charge on any atom is 0.262 e. The lowest BCUT2D eigenvalue weighted by molar-refractivity contribution is -0.118. The van der Waals surface area contributed by atoms with E-state index in [1.807, 2.05) is 4.90 Å². The molecular weight excluding hydrogens is 270 g/mol. The van der Waals surface area contributed by atoms with Crippen molar-refractivity contribution < 1.29 is 14.3 Å². The summed E-state index contributed by atoms with van der Waals surface area (Å²) in [6.07, 6.45) is 3.09. The summed E-state index contributed by atoms with van der Waals surface area (Å²) in [5.74, 6) is 0.344. The van der Waals surface area contributed by atoms with Gasteiger partial charge in [0.1, 0.15) is 5.75 Å². The number of hydrogen-bond donors (Lipinski definition) is 2. The van der Waals surface area contributed by atoms with Gasteiger partial charge in [-0.15, -0.1) is 0 Å². The van der Waals surface area contributed by atoms with E-state index in [1.54, 1.807) is 18.2 Å². The first kappa shape index (κ1) is 13.9. The Bertz CT molecular complexity index is 573. The van der Waals surface area contributed by atoms with Crippen molar-refractivity contribution in [2.45, 2.75) is 25.3 Å². The first-order valence-corrected chi connectivity index (χ1v) is 7.27. The highest BCUT2D eigenvalue weighted by molar-refractivity contribution is 5.99. The smallest absolute Gasteiger partial charge is 0.262 e. The number of anilines is 1.